The second-order valence-electron chi connectivity index (χ2n) is 8.50. The van der Waals surface area contributed by atoms with Crippen LogP contribution in [0.25, 0.3) is 22.9 Å². The largest absolute Gasteiger partial charge is 0.390 e. The first kappa shape index (κ1) is 19.5. The third-order valence-corrected chi connectivity index (χ3v) is 6.24. The van der Waals surface area contributed by atoms with E-state index in [0.717, 1.165) is 41.5 Å². The van der Waals surface area contributed by atoms with Crippen LogP contribution in [0, 0.1) is 11.7 Å². The Morgan fingerprint density at radius 3 is 2.79 bits per heavy atom. The number of nitrogens with zero attached hydrogens (tertiary/aromatic N) is 1. The summed E-state index contributed by atoms with van der Waals surface area (Å²) < 4.78 is 15.3. The molecule has 2 aliphatic rings. The van der Waals surface area contributed by atoms with Gasteiger partial charge in [0.15, 0.2) is 0 Å². The quantitative estimate of drug-likeness (QED) is 0.804. The Balaban J connectivity index is 1.93. The van der Waals surface area contributed by atoms with Crippen LogP contribution in [0.2, 0.25) is 0 Å². The zero-order chi connectivity index (χ0) is 20.9. The molecule has 0 saturated heterocycles. The van der Waals surface area contributed by atoms with E-state index in [1.807, 2.05) is 26.0 Å². The van der Waals surface area contributed by atoms with E-state index in [-0.39, 0.29) is 11.5 Å². The number of hydrogen-bond acceptors (Lipinski definition) is 3. The average molecular weight is 392 g/mol. The second-order valence-corrected chi connectivity index (χ2v) is 8.50. The molecule has 150 valence electrons. The second kappa shape index (κ2) is 6.92. The average Bonchev–Trinajstić information content (AvgIpc) is 3.05. The zero-order valence-electron chi connectivity index (χ0n) is 16.8. The van der Waals surface area contributed by atoms with Crippen molar-refractivity contribution < 1.29 is 14.3 Å². The summed E-state index contributed by atoms with van der Waals surface area (Å²) in [6.45, 7) is 7.40. The maximum atomic E-state index is 15.3. The first-order valence-corrected chi connectivity index (χ1v) is 9.89. The van der Waals surface area contributed by atoms with Crippen LogP contribution in [0.1, 0.15) is 60.3 Å². The van der Waals surface area contributed by atoms with Crippen LogP contribution in [0.4, 0.5) is 4.39 Å². The molecule has 0 aliphatic heterocycles. The van der Waals surface area contributed by atoms with Crippen molar-refractivity contribution in [3.05, 3.63) is 64.6 Å². The minimum absolute atomic E-state index is 0.128. The van der Waals surface area contributed by atoms with Crippen LogP contribution in [0.5, 0.6) is 0 Å². The molecule has 1 amide bonds. The van der Waals surface area contributed by atoms with Gasteiger partial charge in [-0.25, -0.2) is 9.37 Å². The highest BCUT2D eigenvalue weighted by molar-refractivity contribution is 6.00. The number of aliphatic hydroxyl groups is 1. The van der Waals surface area contributed by atoms with Crippen LogP contribution in [-0.4, -0.2) is 21.6 Å². The van der Waals surface area contributed by atoms with Crippen LogP contribution in [0.3, 0.4) is 0 Å². The summed E-state index contributed by atoms with van der Waals surface area (Å²) in [5.41, 5.74) is 10.4. The number of nitrogens with two attached hydrogens (primary N) is 1. The number of fused-ring (bicyclic) bond motifs is 2. The molecule has 1 aromatic carbocycles. The number of primary amides is 1. The molecular formula is C24H25FN2O2. The molecule has 0 bridgehead atoms. The first-order chi connectivity index (χ1) is 13.7. The molecule has 5 heteroatoms. The van der Waals surface area contributed by atoms with Gasteiger partial charge in [-0.2, -0.15) is 0 Å². The Hall–Kier alpha value is -2.79. The third-order valence-electron chi connectivity index (χ3n) is 6.24. The standard InChI is InChI=1S/C24H25FN2O2/c1-4-15-6-5-7-20(27-15)22-19(25)12-18(23(26)28)17-11-13-10-14(24(2,3)29)8-9-16(13)21(17)22/h4-7,12,14,29H,1,8-11H2,2-3H3,(H2,26,28)/t14-/m1/s1. The van der Waals surface area contributed by atoms with Crippen molar-refractivity contribution in [1.82, 2.24) is 4.98 Å². The van der Waals surface area contributed by atoms with Crippen molar-refractivity contribution in [3.8, 4) is 11.3 Å². The van der Waals surface area contributed by atoms with Gasteiger partial charge in [0.2, 0.25) is 5.91 Å². The van der Waals surface area contributed by atoms with E-state index in [9.17, 15) is 9.90 Å². The summed E-state index contributed by atoms with van der Waals surface area (Å²) in [6, 6.07) is 6.65. The highest BCUT2D eigenvalue weighted by Gasteiger charge is 2.38. The normalized spacial score (nSPS) is 18.4. The van der Waals surface area contributed by atoms with Crippen LogP contribution in [-0.2, 0) is 6.42 Å². The van der Waals surface area contributed by atoms with Crippen molar-refractivity contribution in [2.45, 2.75) is 45.1 Å². The van der Waals surface area contributed by atoms with Gasteiger partial charge >= 0.3 is 0 Å². The number of pyridine rings is 1. The fraction of sp³-hybridized carbons (Fsp3) is 0.333. The number of rotatable bonds is 4. The molecule has 3 N–H and O–H groups in total. The Bertz CT molecular complexity index is 1060. The number of halogens is 1. The maximum Gasteiger partial charge on any atom is 0.249 e. The van der Waals surface area contributed by atoms with Gasteiger partial charge in [0.05, 0.1) is 17.0 Å². The van der Waals surface area contributed by atoms with Crippen LogP contribution < -0.4 is 5.73 Å². The van der Waals surface area contributed by atoms with E-state index in [4.69, 9.17) is 5.73 Å². The first-order valence-electron chi connectivity index (χ1n) is 9.89. The summed E-state index contributed by atoms with van der Waals surface area (Å²) in [5, 5.41) is 10.5. The van der Waals surface area contributed by atoms with Gasteiger partial charge in [0.1, 0.15) is 5.82 Å². The van der Waals surface area contributed by atoms with E-state index < -0.39 is 17.3 Å². The number of allylic oxidation sites excluding steroid dienone is 2. The summed E-state index contributed by atoms with van der Waals surface area (Å²) >= 11 is 0. The number of aromatic nitrogens is 1. The topological polar surface area (TPSA) is 76.2 Å². The summed E-state index contributed by atoms with van der Waals surface area (Å²) in [7, 11) is 0. The lowest BCUT2D eigenvalue weighted by Crippen LogP contribution is -2.32. The maximum absolute atomic E-state index is 15.3. The van der Waals surface area contributed by atoms with Gasteiger partial charge in [-0.3, -0.25) is 4.79 Å². The smallest absolute Gasteiger partial charge is 0.249 e. The third kappa shape index (κ3) is 3.29. The van der Waals surface area contributed by atoms with Gasteiger partial charge < -0.3 is 10.8 Å². The van der Waals surface area contributed by atoms with E-state index in [1.165, 1.54) is 6.07 Å². The van der Waals surface area contributed by atoms with E-state index in [1.54, 1.807) is 12.1 Å². The summed E-state index contributed by atoms with van der Waals surface area (Å²) in [5.74, 6) is -0.994. The number of amides is 1. The molecule has 0 unspecified atom stereocenters. The molecular weight excluding hydrogens is 367 g/mol. The van der Waals surface area contributed by atoms with Gasteiger partial charge in [-0.1, -0.05) is 18.2 Å². The van der Waals surface area contributed by atoms with Crippen molar-refractivity contribution >= 4 is 17.6 Å². The fourth-order valence-electron chi connectivity index (χ4n) is 4.70. The monoisotopic (exact) mass is 392 g/mol. The molecule has 1 atom stereocenters. The van der Waals surface area contributed by atoms with Gasteiger partial charge in [-0.15, -0.1) is 0 Å². The molecule has 1 heterocycles. The highest BCUT2D eigenvalue weighted by Crippen LogP contribution is 2.50. The van der Waals surface area contributed by atoms with Crippen molar-refractivity contribution in [2.24, 2.45) is 11.7 Å². The Kier molecular flexibility index (Phi) is 4.66. The predicted octanol–water partition coefficient (Wildman–Crippen LogP) is 4.51. The molecule has 0 fully saturated rings. The zero-order valence-corrected chi connectivity index (χ0v) is 16.8. The van der Waals surface area contributed by atoms with Gasteiger partial charge in [0.25, 0.3) is 0 Å². The Labute approximate surface area is 170 Å². The molecule has 1 aromatic heterocycles. The minimum atomic E-state index is -0.784. The van der Waals surface area contributed by atoms with Gasteiger partial charge in [-0.05, 0) is 86.4 Å². The Morgan fingerprint density at radius 1 is 1.38 bits per heavy atom. The molecule has 29 heavy (non-hydrogen) atoms. The van der Waals surface area contributed by atoms with Crippen molar-refractivity contribution in [2.75, 3.05) is 0 Å². The number of carbonyl (C=O) groups excluding carboxylic acids is 1. The fourth-order valence-corrected chi connectivity index (χ4v) is 4.70. The van der Waals surface area contributed by atoms with E-state index in [0.29, 0.717) is 23.4 Å². The van der Waals surface area contributed by atoms with Crippen molar-refractivity contribution in [3.63, 3.8) is 0 Å². The lowest BCUT2D eigenvalue weighted by Gasteiger charge is -2.33. The number of carbonyl (C=O) groups is 1. The minimum Gasteiger partial charge on any atom is -0.390 e. The number of benzene rings is 1. The van der Waals surface area contributed by atoms with Crippen LogP contribution >= 0.6 is 0 Å². The summed E-state index contributed by atoms with van der Waals surface area (Å²) in [4.78, 5) is 16.6. The highest BCUT2D eigenvalue weighted by atomic mass is 19.1. The molecule has 4 nitrogen and oxygen atoms in total. The Morgan fingerprint density at radius 2 is 2.14 bits per heavy atom. The molecule has 4 rings (SSSR count). The lowest BCUT2D eigenvalue weighted by molar-refractivity contribution is 0.0123. The molecule has 0 radical (unpaired) electrons. The molecule has 2 aliphatic carbocycles. The van der Waals surface area contributed by atoms with Crippen LogP contribution in [0.15, 0.2) is 36.4 Å². The lowest BCUT2D eigenvalue weighted by atomic mass is 9.76. The van der Waals surface area contributed by atoms with E-state index in [2.05, 4.69) is 11.6 Å². The van der Waals surface area contributed by atoms with Gasteiger partial charge in [0, 0.05) is 11.1 Å². The molecule has 0 saturated carbocycles. The predicted molar refractivity (Wildman–Crippen MR) is 113 cm³/mol. The molecule has 0 spiro atoms. The SMILES string of the molecule is C=Cc1cccc(-c2c(F)cc(C(N)=O)c3c2C2=C(C3)C[C@H](C(C)(C)O)CC2)n1. The number of hydrogen-bond donors (Lipinski definition) is 2. The van der Waals surface area contributed by atoms with Crippen molar-refractivity contribution in [1.29, 1.82) is 0 Å². The summed E-state index contributed by atoms with van der Waals surface area (Å²) in [6.07, 6.45) is 4.45. The molecule has 2 aromatic rings. The van der Waals surface area contributed by atoms with E-state index >= 15 is 4.39 Å².